The Bertz CT molecular complexity index is 502. The van der Waals surface area contributed by atoms with E-state index in [1.54, 1.807) is 11.3 Å². The predicted octanol–water partition coefficient (Wildman–Crippen LogP) is 1.44. The number of hydrogen-bond acceptors (Lipinski definition) is 4. The fourth-order valence-corrected chi connectivity index (χ4v) is 3.10. The van der Waals surface area contributed by atoms with Crippen molar-refractivity contribution in [3.63, 3.8) is 0 Å². The Morgan fingerprint density at radius 1 is 1.55 bits per heavy atom. The quantitative estimate of drug-likeness (QED) is 0.881. The summed E-state index contributed by atoms with van der Waals surface area (Å²) >= 11 is 1.61. The molecule has 1 aromatic heterocycles. The van der Waals surface area contributed by atoms with Gasteiger partial charge in [0, 0.05) is 29.8 Å². The predicted molar refractivity (Wildman–Crippen MR) is 74.8 cm³/mol. The number of thiophene rings is 1. The number of aryl methyl sites for hydroxylation is 1. The van der Waals surface area contributed by atoms with E-state index in [4.69, 9.17) is 9.84 Å². The summed E-state index contributed by atoms with van der Waals surface area (Å²) in [6, 6.07) is 2.77. The van der Waals surface area contributed by atoms with E-state index in [-0.39, 0.29) is 12.1 Å². The molecule has 7 heteroatoms. The first-order valence-corrected chi connectivity index (χ1v) is 7.18. The van der Waals surface area contributed by atoms with E-state index in [0.717, 1.165) is 4.88 Å². The van der Waals surface area contributed by atoms with Crippen LogP contribution in [0, 0.1) is 6.92 Å². The highest BCUT2D eigenvalue weighted by atomic mass is 32.1. The normalized spacial score (nSPS) is 22.0. The van der Waals surface area contributed by atoms with Crippen molar-refractivity contribution < 1.29 is 19.4 Å². The second-order valence-electron chi connectivity index (χ2n) is 4.77. The fourth-order valence-electron chi connectivity index (χ4n) is 2.27. The molecule has 0 saturated carbocycles. The van der Waals surface area contributed by atoms with Gasteiger partial charge in [-0.25, -0.2) is 9.59 Å². The van der Waals surface area contributed by atoms with Gasteiger partial charge < -0.3 is 20.1 Å². The molecule has 2 heterocycles. The third kappa shape index (κ3) is 3.29. The SMILES string of the molecule is COC1CC(C(=O)O)N(C(=O)NCc2ccc(C)s2)C1. The van der Waals surface area contributed by atoms with Crippen LogP contribution in [0.25, 0.3) is 0 Å². The fraction of sp³-hybridized carbons (Fsp3) is 0.538. The molecule has 1 aromatic rings. The Balaban J connectivity index is 1.95. The van der Waals surface area contributed by atoms with Crippen LogP contribution in [-0.2, 0) is 16.1 Å². The summed E-state index contributed by atoms with van der Waals surface area (Å²) in [5.74, 6) is -0.994. The molecular formula is C13H18N2O4S. The van der Waals surface area contributed by atoms with Gasteiger partial charge in [-0.3, -0.25) is 0 Å². The van der Waals surface area contributed by atoms with E-state index in [2.05, 4.69) is 5.32 Å². The monoisotopic (exact) mass is 298 g/mol. The van der Waals surface area contributed by atoms with Gasteiger partial charge in [0.05, 0.1) is 12.6 Å². The summed E-state index contributed by atoms with van der Waals surface area (Å²) in [6.45, 7) is 2.72. The number of nitrogens with one attached hydrogen (secondary N) is 1. The zero-order valence-corrected chi connectivity index (χ0v) is 12.3. The Hall–Kier alpha value is -1.60. The van der Waals surface area contributed by atoms with Gasteiger partial charge in [0.25, 0.3) is 0 Å². The lowest BCUT2D eigenvalue weighted by Gasteiger charge is -2.21. The molecule has 0 spiro atoms. The van der Waals surface area contributed by atoms with Crippen LogP contribution in [0.5, 0.6) is 0 Å². The molecule has 2 amide bonds. The minimum absolute atomic E-state index is 0.217. The van der Waals surface area contributed by atoms with E-state index in [0.29, 0.717) is 19.5 Å². The third-order valence-corrected chi connectivity index (χ3v) is 4.35. The molecule has 2 atom stereocenters. The lowest BCUT2D eigenvalue weighted by atomic mass is 10.2. The van der Waals surface area contributed by atoms with Crippen LogP contribution in [0.4, 0.5) is 4.79 Å². The highest BCUT2D eigenvalue weighted by Gasteiger charge is 2.39. The topological polar surface area (TPSA) is 78.9 Å². The molecule has 2 N–H and O–H groups in total. The van der Waals surface area contributed by atoms with Gasteiger partial charge in [-0.1, -0.05) is 0 Å². The second kappa shape index (κ2) is 6.23. The van der Waals surface area contributed by atoms with Crippen LogP contribution in [0.15, 0.2) is 12.1 Å². The summed E-state index contributed by atoms with van der Waals surface area (Å²) in [6.07, 6.45) is 0.114. The van der Waals surface area contributed by atoms with Crippen molar-refractivity contribution >= 4 is 23.3 Å². The van der Waals surface area contributed by atoms with Crippen molar-refractivity contribution in [1.82, 2.24) is 10.2 Å². The molecule has 0 radical (unpaired) electrons. The average Bonchev–Trinajstić information content (AvgIpc) is 3.02. The van der Waals surface area contributed by atoms with Gasteiger partial charge in [0.2, 0.25) is 0 Å². The van der Waals surface area contributed by atoms with Crippen molar-refractivity contribution in [1.29, 1.82) is 0 Å². The molecule has 1 fully saturated rings. The van der Waals surface area contributed by atoms with Crippen molar-refractivity contribution in [3.8, 4) is 0 Å². The molecule has 1 aliphatic heterocycles. The molecular weight excluding hydrogens is 280 g/mol. The summed E-state index contributed by atoms with van der Waals surface area (Å²) < 4.78 is 5.16. The number of methoxy groups -OCH3 is 1. The summed E-state index contributed by atoms with van der Waals surface area (Å²) in [7, 11) is 1.53. The van der Waals surface area contributed by atoms with Gasteiger partial charge in [0.15, 0.2) is 0 Å². The first-order valence-electron chi connectivity index (χ1n) is 6.36. The van der Waals surface area contributed by atoms with Crippen molar-refractivity contribution in [2.45, 2.75) is 32.0 Å². The van der Waals surface area contributed by atoms with Gasteiger partial charge in [-0.2, -0.15) is 0 Å². The highest BCUT2D eigenvalue weighted by molar-refractivity contribution is 7.11. The lowest BCUT2D eigenvalue weighted by Crippen LogP contribution is -2.45. The number of urea groups is 1. The van der Waals surface area contributed by atoms with E-state index >= 15 is 0 Å². The molecule has 1 saturated heterocycles. The standard InChI is InChI=1S/C13H18N2O4S/c1-8-3-4-10(20-8)6-14-13(18)15-7-9(19-2)5-11(15)12(16)17/h3-4,9,11H,5-7H2,1-2H3,(H,14,18)(H,16,17). The zero-order chi connectivity index (χ0) is 14.7. The van der Waals surface area contributed by atoms with Gasteiger partial charge in [-0.15, -0.1) is 11.3 Å². The molecule has 1 aliphatic rings. The molecule has 6 nitrogen and oxygen atoms in total. The number of nitrogens with zero attached hydrogens (tertiary/aromatic N) is 1. The largest absolute Gasteiger partial charge is 0.480 e. The number of carbonyl (C=O) groups is 2. The number of aliphatic carboxylic acids is 1. The second-order valence-corrected chi connectivity index (χ2v) is 6.14. The maximum atomic E-state index is 12.1. The maximum Gasteiger partial charge on any atom is 0.326 e. The molecule has 110 valence electrons. The first-order chi connectivity index (χ1) is 9.51. The average molecular weight is 298 g/mol. The van der Waals surface area contributed by atoms with Crippen LogP contribution in [0.3, 0.4) is 0 Å². The van der Waals surface area contributed by atoms with Crippen LogP contribution >= 0.6 is 11.3 Å². The molecule has 0 bridgehead atoms. The summed E-state index contributed by atoms with van der Waals surface area (Å²) in [5.41, 5.74) is 0. The molecule has 2 rings (SSSR count). The van der Waals surface area contributed by atoms with Crippen LogP contribution < -0.4 is 5.32 Å². The number of carbonyl (C=O) groups excluding carboxylic acids is 1. The minimum Gasteiger partial charge on any atom is -0.480 e. The summed E-state index contributed by atoms with van der Waals surface area (Å²) in [4.78, 5) is 26.8. The highest BCUT2D eigenvalue weighted by Crippen LogP contribution is 2.21. The molecule has 2 unspecified atom stereocenters. The van der Waals surface area contributed by atoms with E-state index in [1.165, 1.54) is 16.9 Å². The van der Waals surface area contributed by atoms with Crippen molar-refractivity contribution in [2.24, 2.45) is 0 Å². The van der Waals surface area contributed by atoms with Gasteiger partial charge in [-0.05, 0) is 19.1 Å². The Kier molecular flexibility index (Phi) is 4.61. The summed E-state index contributed by atoms with van der Waals surface area (Å²) in [5, 5.41) is 11.9. The Morgan fingerprint density at radius 3 is 2.85 bits per heavy atom. The Labute approximate surface area is 121 Å². The van der Waals surface area contributed by atoms with Crippen molar-refractivity contribution in [3.05, 3.63) is 21.9 Å². The van der Waals surface area contributed by atoms with Gasteiger partial charge in [0.1, 0.15) is 6.04 Å². The van der Waals surface area contributed by atoms with Crippen LogP contribution in [-0.4, -0.2) is 47.8 Å². The third-order valence-electron chi connectivity index (χ3n) is 3.35. The number of carboxylic acid groups (broad SMARTS) is 1. The number of hydrogen-bond donors (Lipinski definition) is 2. The smallest absolute Gasteiger partial charge is 0.326 e. The van der Waals surface area contributed by atoms with E-state index in [9.17, 15) is 9.59 Å². The van der Waals surface area contributed by atoms with Crippen LogP contribution in [0.1, 0.15) is 16.2 Å². The zero-order valence-electron chi connectivity index (χ0n) is 11.5. The van der Waals surface area contributed by atoms with E-state index in [1.807, 2.05) is 19.1 Å². The Morgan fingerprint density at radius 2 is 2.30 bits per heavy atom. The van der Waals surface area contributed by atoms with Crippen LogP contribution in [0.2, 0.25) is 0 Å². The number of likely N-dealkylation sites (tertiary alicyclic amines) is 1. The number of ether oxygens (including phenoxy) is 1. The van der Waals surface area contributed by atoms with E-state index < -0.39 is 12.0 Å². The number of rotatable bonds is 4. The molecule has 0 aliphatic carbocycles. The lowest BCUT2D eigenvalue weighted by molar-refractivity contribution is -0.141. The van der Waals surface area contributed by atoms with Gasteiger partial charge >= 0.3 is 12.0 Å². The minimum atomic E-state index is -0.994. The number of amides is 2. The van der Waals surface area contributed by atoms with Crippen molar-refractivity contribution in [2.75, 3.05) is 13.7 Å². The first kappa shape index (κ1) is 14.8. The molecule has 20 heavy (non-hydrogen) atoms. The molecule has 0 aromatic carbocycles. The number of carboxylic acids is 1. The maximum absolute atomic E-state index is 12.1.